The van der Waals surface area contributed by atoms with E-state index in [1.165, 1.54) is 24.3 Å². The molecule has 1 amide bonds. The highest BCUT2D eigenvalue weighted by Crippen LogP contribution is 2.23. The predicted molar refractivity (Wildman–Crippen MR) is 90.8 cm³/mol. The van der Waals surface area contributed by atoms with E-state index in [2.05, 4.69) is 0 Å². The predicted octanol–water partition coefficient (Wildman–Crippen LogP) is 2.71. The Morgan fingerprint density at radius 2 is 1.85 bits per heavy atom. The molecule has 142 valence electrons. The van der Waals surface area contributed by atoms with Gasteiger partial charge in [-0.25, -0.2) is 13.6 Å². The average molecular weight is 377 g/mol. The summed E-state index contributed by atoms with van der Waals surface area (Å²) in [6.45, 7) is 1.46. The van der Waals surface area contributed by atoms with Gasteiger partial charge in [-0.15, -0.1) is 0 Å². The maximum Gasteiger partial charge on any atom is 0.339 e. The Bertz CT molecular complexity index is 865. The van der Waals surface area contributed by atoms with Crippen molar-refractivity contribution in [1.82, 2.24) is 4.90 Å². The van der Waals surface area contributed by atoms with Crippen LogP contribution in [0, 0.1) is 11.6 Å². The van der Waals surface area contributed by atoms with Crippen molar-refractivity contribution in [3.63, 3.8) is 0 Å². The number of amides is 1. The molecule has 0 aromatic heterocycles. The van der Waals surface area contributed by atoms with Gasteiger partial charge in [-0.05, 0) is 30.3 Å². The summed E-state index contributed by atoms with van der Waals surface area (Å²) in [7, 11) is 0. The molecule has 1 aliphatic rings. The van der Waals surface area contributed by atoms with Crippen molar-refractivity contribution in [3.05, 3.63) is 64.7 Å². The van der Waals surface area contributed by atoms with Crippen LogP contribution in [0.15, 0.2) is 36.4 Å². The molecule has 0 atom stereocenters. The van der Waals surface area contributed by atoms with E-state index in [0.29, 0.717) is 26.3 Å². The van der Waals surface area contributed by atoms with E-state index in [9.17, 15) is 23.5 Å². The van der Waals surface area contributed by atoms with E-state index in [-0.39, 0.29) is 35.0 Å². The van der Waals surface area contributed by atoms with Crippen molar-refractivity contribution in [2.24, 2.45) is 0 Å². The second-order valence-electron chi connectivity index (χ2n) is 5.95. The monoisotopic (exact) mass is 377 g/mol. The standard InChI is InChI=1S/C19H17F2NO5/c20-14-3-1-13(16(21)10-14)11-27-17-4-2-12(9-15(17)19(24)25)18(23)22-5-7-26-8-6-22/h1-4,9-10H,5-8,11H2,(H,24,25). The van der Waals surface area contributed by atoms with Crippen LogP contribution < -0.4 is 4.74 Å². The van der Waals surface area contributed by atoms with E-state index in [4.69, 9.17) is 9.47 Å². The van der Waals surface area contributed by atoms with Crippen molar-refractivity contribution < 1.29 is 33.0 Å². The van der Waals surface area contributed by atoms with Gasteiger partial charge in [0.15, 0.2) is 0 Å². The molecule has 0 bridgehead atoms. The SMILES string of the molecule is O=C(O)c1cc(C(=O)N2CCOCC2)ccc1OCc1ccc(F)cc1F. The lowest BCUT2D eigenvalue weighted by molar-refractivity contribution is 0.0303. The van der Waals surface area contributed by atoms with E-state index >= 15 is 0 Å². The molecule has 8 heteroatoms. The Labute approximate surface area is 153 Å². The number of aromatic carboxylic acids is 1. The Kier molecular flexibility index (Phi) is 5.66. The number of carboxylic acids is 1. The molecule has 2 aromatic rings. The number of rotatable bonds is 5. The molecule has 0 saturated carbocycles. The molecular formula is C19H17F2NO5. The topological polar surface area (TPSA) is 76.1 Å². The van der Waals surface area contributed by atoms with Crippen molar-refractivity contribution in [2.45, 2.75) is 6.61 Å². The lowest BCUT2D eigenvalue weighted by Gasteiger charge is -2.27. The minimum absolute atomic E-state index is 0.00949. The number of carbonyl (C=O) groups is 2. The van der Waals surface area contributed by atoms with E-state index in [1.54, 1.807) is 4.90 Å². The minimum Gasteiger partial charge on any atom is -0.488 e. The number of nitrogens with zero attached hydrogens (tertiary/aromatic N) is 1. The van der Waals surface area contributed by atoms with Crippen LogP contribution in [0.4, 0.5) is 8.78 Å². The molecule has 0 unspecified atom stereocenters. The molecule has 0 spiro atoms. The highest BCUT2D eigenvalue weighted by Gasteiger charge is 2.21. The molecule has 1 heterocycles. The summed E-state index contributed by atoms with van der Waals surface area (Å²) in [4.78, 5) is 25.6. The highest BCUT2D eigenvalue weighted by atomic mass is 19.1. The van der Waals surface area contributed by atoms with Gasteiger partial charge in [0, 0.05) is 30.3 Å². The minimum atomic E-state index is -1.28. The van der Waals surface area contributed by atoms with Crippen LogP contribution in [-0.2, 0) is 11.3 Å². The quantitative estimate of drug-likeness (QED) is 0.867. The average Bonchev–Trinajstić information content (AvgIpc) is 2.67. The Balaban J connectivity index is 1.79. The van der Waals surface area contributed by atoms with Gasteiger partial charge in [0.05, 0.1) is 13.2 Å². The summed E-state index contributed by atoms with van der Waals surface area (Å²) in [5.41, 5.74) is 0.0902. The molecule has 6 nitrogen and oxygen atoms in total. The van der Waals surface area contributed by atoms with E-state index in [1.807, 2.05) is 0 Å². The van der Waals surface area contributed by atoms with Gasteiger partial charge >= 0.3 is 5.97 Å². The lowest BCUT2D eigenvalue weighted by atomic mass is 10.1. The molecular weight excluding hydrogens is 360 g/mol. The largest absolute Gasteiger partial charge is 0.488 e. The van der Waals surface area contributed by atoms with Crippen molar-refractivity contribution >= 4 is 11.9 Å². The smallest absolute Gasteiger partial charge is 0.339 e. The van der Waals surface area contributed by atoms with Gasteiger partial charge in [0.2, 0.25) is 0 Å². The number of hydrogen-bond donors (Lipinski definition) is 1. The third-order valence-electron chi connectivity index (χ3n) is 4.15. The first-order chi connectivity index (χ1) is 13.0. The molecule has 1 saturated heterocycles. The van der Waals surface area contributed by atoms with Crippen LogP contribution in [0.3, 0.4) is 0 Å². The summed E-state index contributed by atoms with van der Waals surface area (Å²) < 4.78 is 37.2. The fourth-order valence-electron chi connectivity index (χ4n) is 2.70. The molecule has 1 N–H and O–H groups in total. The van der Waals surface area contributed by atoms with E-state index in [0.717, 1.165) is 12.1 Å². The van der Waals surface area contributed by atoms with Crippen LogP contribution in [-0.4, -0.2) is 48.2 Å². The lowest BCUT2D eigenvalue weighted by Crippen LogP contribution is -2.40. The molecule has 27 heavy (non-hydrogen) atoms. The third kappa shape index (κ3) is 4.40. The second-order valence-corrected chi connectivity index (χ2v) is 5.95. The number of carbonyl (C=O) groups excluding carboxylic acids is 1. The summed E-state index contributed by atoms with van der Waals surface area (Å²) >= 11 is 0. The van der Waals surface area contributed by atoms with Crippen LogP contribution in [0.1, 0.15) is 26.3 Å². The van der Waals surface area contributed by atoms with Crippen molar-refractivity contribution in [2.75, 3.05) is 26.3 Å². The molecule has 1 fully saturated rings. The summed E-state index contributed by atoms with van der Waals surface area (Å²) in [6.07, 6.45) is 0. The maximum atomic E-state index is 13.7. The van der Waals surface area contributed by atoms with Gasteiger partial charge in [0.25, 0.3) is 5.91 Å². The van der Waals surface area contributed by atoms with Gasteiger partial charge < -0.3 is 19.5 Å². The number of halogens is 2. The van der Waals surface area contributed by atoms with Crippen LogP contribution in [0.2, 0.25) is 0 Å². The van der Waals surface area contributed by atoms with Gasteiger partial charge in [0.1, 0.15) is 29.6 Å². The summed E-state index contributed by atoms with van der Waals surface area (Å²) in [5.74, 6) is -3.08. The zero-order valence-electron chi connectivity index (χ0n) is 14.3. The Morgan fingerprint density at radius 1 is 1.11 bits per heavy atom. The normalized spacial score (nSPS) is 14.1. The second kappa shape index (κ2) is 8.13. The first kappa shape index (κ1) is 18.8. The number of ether oxygens (including phenoxy) is 2. The number of hydrogen-bond acceptors (Lipinski definition) is 4. The van der Waals surface area contributed by atoms with Crippen LogP contribution in [0.25, 0.3) is 0 Å². The van der Waals surface area contributed by atoms with Crippen LogP contribution in [0.5, 0.6) is 5.75 Å². The Hall–Kier alpha value is -3.00. The molecule has 3 rings (SSSR count). The van der Waals surface area contributed by atoms with Gasteiger partial charge in [-0.1, -0.05) is 0 Å². The zero-order chi connectivity index (χ0) is 19.4. The molecule has 2 aromatic carbocycles. The fraction of sp³-hybridized carbons (Fsp3) is 0.263. The number of carboxylic acid groups (broad SMARTS) is 1. The van der Waals surface area contributed by atoms with Gasteiger partial charge in [-0.2, -0.15) is 0 Å². The first-order valence-corrected chi connectivity index (χ1v) is 8.27. The van der Waals surface area contributed by atoms with Gasteiger partial charge in [-0.3, -0.25) is 4.79 Å². The molecule has 0 radical (unpaired) electrons. The maximum absolute atomic E-state index is 13.7. The fourth-order valence-corrected chi connectivity index (χ4v) is 2.70. The highest BCUT2D eigenvalue weighted by molar-refractivity contribution is 5.99. The van der Waals surface area contributed by atoms with Crippen LogP contribution >= 0.6 is 0 Å². The van der Waals surface area contributed by atoms with E-state index < -0.39 is 17.6 Å². The summed E-state index contributed by atoms with van der Waals surface area (Å²) in [5, 5.41) is 9.42. The van der Waals surface area contributed by atoms with Crippen molar-refractivity contribution in [3.8, 4) is 5.75 Å². The number of morpholine rings is 1. The summed E-state index contributed by atoms with van der Waals surface area (Å²) in [6, 6.07) is 7.09. The third-order valence-corrected chi connectivity index (χ3v) is 4.15. The number of benzene rings is 2. The Morgan fingerprint density at radius 3 is 2.52 bits per heavy atom. The van der Waals surface area contributed by atoms with Crippen molar-refractivity contribution in [1.29, 1.82) is 0 Å². The molecule has 1 aliphatic heterocycles. The first-order valence-electron chi connectivity index (χ1n) is 8.27. The zero-order valence-corrected chi connectivity index (χ0v) is 14.3. The molecule has 0 aliphatic carbocycles.